The van der Waals surface area contributed by atoms with Crippen LogP contribution >= 0.6 is 0 Å². The molecule has 0 fully saturated rings. The van der Waals surface area contributed by atoms with Gasteiger partial charge in [0, 0.05) is 17.3 Å². The number of nitrogens with one attached hydrogen (secondary N) is 2. The second kappa shape index (κ2) is 5.77. The molecule has 0 aliphatic rings. The molecule has 2 N–H and O–H groups in total. The number of carbonyl (C=O) groups excluding carboxylic acids is 1. The summed E-state index contributed by atoms with van der Waals surface area (Å²) in [5, 5.41) is 9.04. The summed E-state index contributed by atoms with van der Waals surface area (Å²) in [6.45, 7) is 1.78. The molecule has 0 aliphatic heterocycles. The van der Waals surface area contributed by atoms with Crippen molar-refractivity contribution in [1.29, 1.82) is 0 Å². The predicted molar refractivity (Wildman–Crippen MR) is 73.7 cm³/mol. The number of carbonyl (C=O) groups is 1. The van der Waals surface area contributed by atoms with Gasteiger partial charge in [-0.2, -0.15) is 5.10 Å². The maximum absolute atomic E-state index is 11.4. The van der Waals surface area contributed by atoms with E-state index in [1.54, 1.807) is 31.2 Å². The van der Waals surface area contributed by atoms with Gasteiger partial charge >= 0.3 is 0 Å². The van der Waals surface area contributed by atoms with Gasteiger partial charge in [0.05, 0.1) is 5.69 Å². The predicted octanol–water partition coefficient (Wildman–Crippen LogP) is 1.95. The molecular formula is C14H13N3O2. The molecule has 0 aliphatic carbocycles. The van der Waals surface area contributed by atoms with Gasteiger partial charge < -0.3 is 5.32 Å². The average molecular weight is 255 g/mol. The fourth-order valence-electron chi connectivity index (χ4n) is 1.56. The Morgan fingerprint density at radius 3 is 2.53 bits per heavy atom. The fourth-order valence-corrected chi connectivity index (χ4v) is 1.56. The molecule has 0 bridgehead atoms. The molecule has 19 heavy (non-hydrogen) atoms. The Morgan fingerprint density at radius 2 is 1.95 bits per heavy atom. The highest BCUT2D eigenvalue weighted by molar-refractivity contribution is 5.99. The summed E-state index contributed by atoms with van der Waals surface area (Å²) in [5.41, 5.74) is 2.00. The van der Waals surface area contributed by atoms with Crippen molar-refractivity contribution in [3.63, 3.8) is 0 Å². The summed E-state index contributed by atoms with van der Waals surface area (Å²) >= 11 is 0. The molecule has 1 aromatic heterocycles. The van der Waals surface area contributed by atoms with Crippen LogP contribution in [0.1, 0.15) is 6.92 Å². The van der Waals surface area contributed by atoms with Crippen LogP contribution in [0.3, 0.4) is 0 Å². The second-order valence-electron chi connectivity index (χ2n) is 3.87. The first-order valence-corrected chi connectivity index (χ1v) is 5.79. The lowest BCUT2D eigenvalue weighted by atomic mass is 10.1. The molecular weight excluding hydrogens is 242 g/mol. The molecule has 5 nitrogen and oxygen atoms in total. The van der Waals surface area contributed by atoms with E-state index in [4.69, 9.17) is 0 Å². The molecule has 2 rings (SSSR count). The standard InChI is InChI=1S/C14H13N3O2/c1-2-3-13(18)15-11-6-4-10(5-7-11)12-8-9-14(19)17-16-12/h2-9H,1H3,(H,15,18)(H,17,19)/b3-2+. The Kier molecular flexibility index (Phi) is 3.87. The number of amides is 1. The maximum atomic E-state index is 11.4. The Balaban J connectivity index is 2.16. The van der Waals surface area contributed by atoms with Crippen LogP contribution in [-0.2, 0) is 4.79 Å². The van der Waals surface area contributed by atoms with Gasteiger partial charge in [-0.15, -0.1) is 0 Å². The number of benzene rings is 1. The Labute approximate surface area is 110 Å². The van der Waals surface area contributed by atoms with Crippen LogP contribution in [0.25, 0.3) is 11.3 Å². The van der Waals surface area contributed by atoms with Crippen molar-refractivity contribution in [3.05, 3.63) is 58.9 Å². The van der Waals surface area contributed by atoms with E-state index in [1.807, 2.05) is 12.1 Å². The van der Waals surface area contributed by atoms with Crippen molar-refractivity contribution in [3.8, 4) is 11.3 Å². The monoisotopic (exact) mass is 255 g/mol. The number of nitrogens with zero attached hydrogens (tertiary/aromatic N) is 1. The van der Waals surface area contributed by atoms with E-state index in [0.717, 1.165) is 5.56 Å². The highest BCUT2D eigenvalue weighted by Crippen LogP contribution is 2.18. The summed E-state index contributed by atoms with van der Waals surface area (Å²) in [7, 11) is 0. The normalized spacial score (nSPS) is 10.6. The van der Waals surface area contributed by atoms with Crippen LogP contribution in [0.4, 0.5) is 5.69 Å². The summed E-state index contributed by atoms with van der Waals surface area (Å²) in [6.07, 6.45) is 3.13. The van der Waals surface area contributed by atoms with Gasteiger partial charge in [0.2, 0.25) is 5.91 Å². The van der Waals surface area contributed by atoms with E-state index in [-0.39, 0.29) is 11.5 Å². The summed E-state index contributed by atoms with van der Waals surface area (Å²) in [4.78, 5) is 22.3. The minimum Gasteiger partial charge on any atom is -0.323 e. The third kappa shape index (κ3) is 3.38. The van der Waals surface area contributed by atoms with Gasteiger partial charge in [-0.05, 0) is 31.2 Å². The zero-order valence-electron chi connectivity index (χ0n) is 10.4. The van der Waals surface area contributed by atoms with Crippen molar-refractivity contribution in [2.24, 2.45) is 0 Å². The van der Waals surface area contributed by atoms with Crippen LogP contribution in [-0.4, -0.2) is 16.1 Å². The first-order chi connectivity index (χ1) is 9.19. The van der Waals surface area contributed by atoms with E-state index in [0.29, 0.717) is 11.4 Å². The lowest BCUT2D eigenvalue weighted by Crippen LogP contribution is -2.07. The largest absolute Gasteiger partial charge is 0.323 e. The molecule has 0 spiro atoms. The van der Waals surface area contributed by atoms with Gasteiger partial charge in [0.25, 0.3) is 5.56 Å². The van der Waals surface area contributed by atoms with E-state index < -0.39 is 0 Å². The third-order valence-corrected chi connectivity index (χ3v) is 2.45. The van der Waals surface area contributed by atoms with Crippen LogP contribution in [0.15, 0.2) is 53.3 Å². The molecule has 1 aromatic carbocycles. The number of anilines is 1. The van der Waals surface area contributed by atoms with Gasteiger partial charge in [-0.1, -0.05) is 18.2 Å². The fraction of sp³-hybridized carbons (Fsp3) is 0.0714. The molecule has 1 heterocycles. The zero-order valence-corrected chi connectivity index (χ0v) is 10.4. The SMILES string of the molecule is C/C=C/C(=O)Nc1ccc(-c2ccc(=O)[nH]n2)cc1. The van der Waals surface area contributed by atoms with Crippen molar-refractivity contribution >= 4 is 11.6 Å². The molecule has 0 atom stereocenters. The highest BCUT2D eigenvalue weighted by Gasteiger charge is 2.01. The van der Waals surface area contributed by atoms with E-state index >= 15 is 0 Å². The Bertz CT molecular complexity index is 637. The zero-order chi connectivity index (χ0) is 13.7. The van der Waals surface area contributed by atoms with Crippen molar-refractivity contribution in [2.45, 2.75) is 6.92 Å². The lowest BCUT2D eigenvalue weighted by Gasteiger charge is -2.04. The minimum absolute atomic E-state index is 0.169. The topological polar surface area (TPSA) is 74.8 Å². The highest BCUT2D eigenvalue weighted by atomic mass is 16.1. The minimum atomic E-state index is -0.237. The maximum Gasteiger partial charge on any atom is 0.264 e. The van der Waals surface area contributed by atoms with E-state index in [9.17, 15) is 9.59 Å². The Morgan fingerprint density at radius 1 is 1.21 bits per heavy atom. The molecule has 2 aromatic rings. The number of aromatic amines is 1. The van der Waals surface area contributed by atoms with Crippen LogP contribution in [0, 0.1) is 0 Å². The molecule has 96 valence electrons. The molecule has 0 radical (unpaired) electrons. The van der Waals surface area contributed by atoms with Crippen molar-refractivity contribution < 1.29 is 4.79 Å². The average Bonchev–Trinajstić information content (AvgIpc) is 2.41. The molecule has 0 unspecified atom stereocenters. The van der Waals surface area contributed by atoms with E-state index in [1.165, 1.54) is 12.1 Å². The quantitative estimate of drug-likeness (QED) is 0.823. The first kappa shape index (κ1) is 12.8. The molecule has 5 heteroatoms. The summed E-state index contributed by atoms with van der Waals surface area (Å²) in [6, 6.07) is 10.3. The number of H-pyrrole nitrogens is 1. The van der Waals surface area contributed by atoms with Gasteiger partial charge in [-0.25, -0.2) is 5.10 Å². The lowest BCUT2D eigenvalue weighted by molar-refractivity contribution is -0.111. The number of allylic oxidation sites excluding steroid dienone is 1. The number of hydrogen-bond acceptors (Lipinski definition) is 3. The summed E-state index contributed by atoms with van der Waals surface area (Å²) in [5.74, 6) is -0.169. The van der Waals surface area contributed by atoms with Crippen LogP contribution in [0.5, 0.6) is 0 Å². The number of rotatable bonds is 3. The number of hydrogen-bond donors (Lipinski definition) is 2. The van der Waals surface area contributed by atoms with Crippen LogP contribution in [0.2, 0.25) is 0 Å². The first-order valence-electron chi connectivity index (χ1n) is 5.79. The molecule has 1 amide bonds. The van der Waals surface area contributed by atoms with Crippen molar-refractivity contribution in [1.82, 2.24) is 10.2 Å². The Hall–Kier alpha value is -2.69. The van der Waals surface area contributed by atoms with Gasteiger partial charge in [0.15, 0.2) is 0 Å². The molecule has 0 saturated carbocycles. The second-order valence-corrected chi connectivity index (χ2v) is 3.87. The van der Waals surface area contributed by atoms with Gasteiger partial charge in [-0.3, -0.25) is 9.59 Å². The van der Waals surface area contributed by atoms with Crippen molar-refractivity contribution in [2.75, 3.05) is 5.32 Å². The number of aromatic nitrogens is 2. The third-order valence-electron chi connectivity index (χ3n) is 2.45. The smallest absolute Gasteiger partial charge is 0.264 e. The van der Waals surface area contributed by atoms with E-state index in [2.05, 4.69) is 15.5 Å². The van der Waals surface area contributed by atoms with Crippen LogP contribution < -0.4 is 10.9 Å². The molecule has 0 saturated heterocycles. The summed E-state index contributed by atoms with van der Waals surface area (Å²) < 4.78 is 0. The van der Waals surface area contributed by atoms with Gasteiger partial charge in [0.1, 0.15) is 0 Å².